The van der Waals surface area contributed by atoms with Crippen LogP contribution in [0.4, 0.5) is 10.5 Å². The fourth-order valence-corrected chi connectivity index (χ4v) is 1.82. The molecular formula is C13H17N3O3. The van der Waals surface area contributed by atoms with Crippen molar-refractivity contribution in [1.29, 1.82) is 0 Å². The van der Waals surface area contributed by atoms with E-state index in [1.54, 1.807) is 18.5 Å². The van der Waals surface area contributed by atoms with Crippen LogP contribution < -0.4 is 5.32 Å². The van der Waals surface area contributed by atoms with Crippen LogP contribution in [-0.4, -0.2) is 40.1 Å². The molecule has 6 heteroatoms. The molecule has 0 bridgehead atoms. The number of urea groups is 1. The van der Waals surface area contributed by atoms with Crippen LogP contribution in [0.5, 0.6) is 0 Å². The third-order valence-electron chi connectivity index (χ3n) is 2.92. The van der Waals surface area contributed by atoms with Crippen LogP contribution in [0, 0.1) is 12.8 Å². The number of hydrogen-bond donors (Lipinski definition) is 2. The number of nitrogens with zero attached hydrogens (tertiary/aromatic N) is 2. The number of carboxylic acids is 1. The molecule has 0 spiro atoms. The van der Waals surface area contributed by atoms with E-state index in [-0.39, 0.29) is 12.6 Å². The second-order valence-corrected chi connectivity index (χ2v) is 4.90. The summed E-state index contributed by atoms with van der Waals surface area (Å²) in [6.07, 6.45) is 5.36. The molecule has 6 nitrogen and oxygen atoms in total. The van der Waals surface area contributed by atoms with Crippen molar-refractivity contribution < 1.29 is 14.7 Å². The molecule has 1 aromatic heterocycles. The third-order valence-corrected chi connectivity index (χ3v) is 2.92. The SMILES string of the molecule is Cc1cncc(NC(=O)N(CC(=O)O)CC2CC2)c1. The zero-order chi connectivity index (χ0) is 13.8. The minimum Gasteiger partial charge on any atom is -0.480 e. The van der Waals surface area contributed by atoms with Crippen LogP contribution in [0.2, 0.25) is 0 Å². The van der Waals surface area contributed by atoms with E-state index < -0.39 is 5.97 Å². The molecule has 102 valence electrons. The molecule has 0 saturated heterocycles. The van der Waals surface area contributed by atoms with Crippen LogP contribution >= 0.6 is 0 Å². The first kappa shape index (κ1) is 13.3. The van der Waals surface area contributed by atoms with Crippen LogP contribution in [0.15, 0.2) is 18.5 Å². The van der Waals surface area contributed by atoms with Crippen LogP contribution in [-0.2, 0) is 4.79 Å². The van der Waals surface area contributed by atoms with Crippen molar-refractivity contribution in [3.63, 3.8) is 0 Å². The minimum absolute atomic E-state index is 0.276. The molecule has 0 aliphatic heterocycles. The fraction of sp³-hybridized carbons (Fsp3) is 0.462. The highest BCUT2D eigenvalue weighted by Gasteiger charge is 2.28. The number of amides is 2. The molecule has 2 N–H and O–H groups in total. The van der Waals surface area contributed by atoms with Gasteiger partial charge in [-0.2, -0.15) is 0 Å². The Hall–Kier alpha value is -2.11. The molecule has 1 aromatic rings. The normalized spacial score (nSPS) is 13.9. The molecule has 0 unspecified atom stereocenters. The standard InChI is InChI=1S/C13H17N3O3/c1-9-4-11(6-14-5-9)15-13(19)16(8-12(17)18)7-10-2-3-10/h4-6,10H,2-3,7-8H2,1H3,(H,15,19)(H,17,18). The number of aryl methyl sites for hydroxylation is 1. The molecule has 1 aliphatic rings. The van der Waals surface area contributed by atoms with Crippen molar-refractivity contribution in [3.8, 4) is 0 Å². The first-order valence-corrected chi connectivity index (χ1v) is 6.24. The summed E-state index contributed by atoms with van der Waals surface area (Å²) in [7, 11) is 0. The van der Waals surface area contributed by atoms with E-state index >= 15 is 0 Å². The molecule has 2 amide bonds. The van der Waals surface area contributed by atoms with E-state index in [0.717, 1.165) is 18.4 Å². The van der Waals surface area contributed by atoms with Gasteiger partial charge in [-0.3, -0.25) is 9.78 Å². The van der Waals surface area contributed by atoms with E-state index in [9.17, 15) is 9.59 Å². The van der Waals surface area contributed by atoms with Crippen molar-refractivity contribution in [2.24, 2.45) is 5.92 Å². The molecule has 0 atom stereocenters. The molecule has 1 aliphatic carbocycles. The Morgan fingerprint density at radius 3 is 2.79 bits per heavy atom. The van der Waals surface area contributed by atoms with E-state index in [1.807, 2.05) is 6.92 Å². The summed E-state index contributed by atoms with van der Waals surface area (Å²) in [6, 6.07) is 1.41. The van der Waals surface area contributed by atoms with Gasteiger partial charge in [0.15, 0.2) is 0 Å². The highest BCUT2D eigenvalue weighted by molar-refractivity contribution is 5.91. The predicted octanol–water partition coefficient (Wildman–Crippen LogP) is 1.72. The molecule has 1 saturated carbocycles. The number of carbonyl (C=O) groups is 2. The first-order valence-electron chi connectivity index (χ1n) is 6.24. The smallest absolute Gasteiger partial charge is 0.323 e. The highest BCUT2D eigenvalue weighted by Crippen LogP contribution is 2.29. The number of nitrogens with one attached hydrogen (secondary N) is 1. The van der Waals surface area contributed by atoms with Gasteiger partial charge in [-0.1, -0.05) is 0 Å². The molecular weight excluding hydrogens is 246 g/mol. The number of carboxylic acid groups (broad SMARTS) is 1. The molecule has 0 radical (unpaired) electrons. The molecule has 19 heavy (non-hydrogen) atoms. The Morgan fingerprint density at radius 1 is 1.47 bits per heavy atom. The molecule has 0 aromatic carbocycles. The number of rotatable bonds is 5. The summed E-state index contributed by atoms with van der Waals surface area (Å²) in [5.74, 6) is -0.557. The Morgan fingerprint density at radius 2 is 2.21 bits per heavy atom. The predicted molar refractivity (Wildman–Crippen MR) is 69.9 cm³/mol. The lowest BCUT2D eigenvalue weighted by Gasteiger charge is -2.21. The summed E-state index contributed by atoms with van der Waals surface area (Å²) in [5.41, 5.74) is 1.51. The maximum atomic E-state index is 12.0. The lowest BCUT2D eigenvalue weighted by Crippen LogP contribution is -2.40. The number of carbonyl (C=O) groups excluding carboxylic acids is 1. The number of pyridine rings is 1. The van der Waals surface area contributed by atoms with Gasteiger partial charge in [-0.05, 0) is 37.3 Å². The van der Waals surface area contributed by atoms with Gasteiger partial charge in [-0.25, -0.2) is 4.79 Å². The van der Waals surface area contributed by atoms with Crippen molar-refractivity contribution in [1.82, 2.24) is 9.88 Å². The van der Waals surface area contributed by atoms with Crippen molar-refractivity contribution in [2.75, 3.05) is 18.4 Å². The average molecular weight is 263 g/mol. The summed E-state index contributed by atoms with van der Waals surface area (Å²) in [6.45, 7) is 2.10. The summed E-state index contributed by atoms with van der Waals surface area (Å²) in [5, 5.41) is 11.5. The molecule has 2 rings (SSSR count). The first-order chi connectivity index (χ1) is 9.04. The quantitative estimate of drug-likeness (QED) is 0.847. The van der Waals surface area contributed by atoms with Crippen molar-refractivity contribution in [3.05, 3.63) is 24.0 Å². The maximum Gasteiger partial charge on any atom is 0.323 e. The van der Waals surface area contributed by atoms with Crippen molar-refractivity contribution >= 4 is 17.7 Å². The monoisotopic (exact) mass is 263 g/mol. The average Bonchev–Trinajstić information content (AvgIpc) is 3.11. The van der Waals surface area contributed by atoms with Gasteiger partial charge in [0.25, 0.3) is 0 Å². The van der Waals surface area contributed by atoms with Gasteiger partial charge in [-0.15, -0.1) is 0 Å². The Balaban J connectivity index is 1.99. The second kappa shape index (κ2) is 5.69. The van der Waals surface area contributed by atoms with Gasteiger partial charge in [0, 0.05) is 12.7 Å². The second-order valence-electron chi connectivity index (χ2n) is 4.90. The van der Waals surface area contributed by atoms with E-state index in [2.05, 4.69) is 10.3 Å². The largest absolute Gasteiger partial charge is 0.480 e. The Bertz CT molecular complexity index is 486. The van der Waals surface area contributed by atoms with Gasteiger partial charge >= 0.3 is 12.0 Å². The van der Waals surface area contributed by atoms with Gasteiger partial charge < -0.3 is 15.3 Å². The third kappa shape index (κ3) is 4.24. The van der Waals surface area contributed by atoms with Gasteiger partial charge in [0.2, 0.25) is 0 Å². The number of hydrogen-bond acceptors (Lipinski definition) is 3. The number of aromatic nitrogens is 1. The molecule has 1 fully saturated rings. The Labute approximate surface area is 111 Å². The number of aliphatic carboxylic acids is 1. The summed E-state index contributed by atoms with van der Waals surface area (Å²) in [4.78, 5) is 28.2. The van der Waals surface area contributed by atoms with Gasteiger partial charge in [0.1, 0.15) is 6.54 Å². The zero-order valence-corrected chi connectivity index (χ0v) is 10.8. The van der Waals surface area contributed by atoms with E-state index in [0.29, 0.717) is 18.2 Å². The lowest BCUT2D eigenvalue weighted by molar-refractivity contribution is -0.137. The minimum atomic E-state index is -1.00. The van der Waals surface area contributed by atoms with Crippen LogP contribution in [0.1, 0.15) is 18.4 Å². The summed E-state index contributed by atoms with van der Waals surface area (Å²) >= 11 is 0. The van der Waals surface area contributed by atoms with E-state index in [1.165, 1.54) is 4.90 Å². The molecule has 1 heterocycles. The topological polar surface area (TPSA) is 82.5 Å². The van der Waals surface area contributed by atoms with Crippen LogP contribution in [0.3, 0.4) is 0 Å². The fourth-order valence-electron chi connectivity index (χ4n) is 1.82. The maximum absolute atomic E-state index is 12.0. The van der Waals surface area contributed by atoms with E-state index in [4.69, 9.17) is 5.11 Å². The number of anilines is 1. The Kier molecular flexibility index (Phi) is 3.99. The van der Waals surface area contributed by atoms with Crippen molar-refractivity contribution in [2.45, 2.75) is 19.8 Å². The van der Waals surface area contributed by atoms with Crippen LogP contribution in [0.25, 0.3) is 0 Å². The lowest BCUT2D eigenvalue weighted by atomic mass is 10.3. The van der Waals surface area contributed by atoms with Gasteiger partial charge in [0.05, 0.1) is 11.9 Å². The summed E-state index contributed by atoms with van der Waals surface area (Å²) < 4.78 is 0. The zero-order valence-electron chi connectivity index (χ0n) is 10.8. The highest BCUT2D eigenvalue weighted by atomic mass is 16.4.